The molecule has 1 atom stereocenters. The lowest BCUT2D eigenvalue weighted by atomic mass is 10.1. The summed E-state index contributed by atoms with van der Waals surface area (Å²) in [5, 5.41) is 8.69. The number of imidazole rings is 1. The Kier molecular flexibility index (Phi) is 3.63. The molecule has 3 aromatic rings. The van der Waals surface area contributed by atoms with Crippen molar-refractivity contribution in [3.63, 3.8) is 0 Å². The summed E-state index contributed by atoms with van der Waals surface area (Å²) >= 11 is 0. The minimum absolute atomic E-state index is 0.0655. The SMILES string of the molecule is Cc1nc(C(=O)N2Cc3nnc(-c4ccccc4)n3[C@@H](C)C2)c(C)[nH]1. The van der Waals surface area contributed by atoms with Crippen LogP contribution in [0, 0.1) is 13.8 Å². The van der Waals surface area contributed by atoms with E-state index in [4.69, 9.17) is 0 Å². The van der Waals surface area contributed by atoms with Gasteiger partial charge >= 0.3 is 0 Å². The molecule has 0 saturated heterocycles. The lowest BCUT2D eigenvalue weighted by Gasteiger charge is -2.32. The fourth-order valence-electron chi connectivity index (χ4n) is 3.44. The molecule has 128 valence electrons. The first-order valence-corrected chi connectivity index (χ1v) is 8.36. The van der Waals surface area contributed by atoms with Crippen LogP contribution in [0.3, 0.4) is 0 Å². The summed E-state index contributed by atoms with van der Waals surface area (Å²) < 4.78 is 2.13. The first-order valence-electron chi connectivity index (χ1n) is 8.36. The fourth-order valence-corrected chi connectivity index (χ4v) is 3.44. The van der Waals surface area contributed by atoms with Crippen molar-refractivity contribution < 1.29 is 4.79 Å². The largest absolute Gasteiger partial charge is 0.346 e. The standard InChI is InChI=1S/C18H20N6O/c1-11-9-23(18(25)16-12(2)19-13(3)20-16)10-15-21-22-17(24(11)15)14-7-5-4-6-8-14/h4-8,11H,9-10H2,1-3H3,(H,19,20)/t11-/m0/s1. The van der Waals surface area contributed by atoms with Gasteiger partial charge in [0.2, 0.25) is 0 Å². The summed E-state index contributed by atoms with van der Waals surface area (Å²) in [5.41, 5.74) is 2.32. The summed E-state index contributed by atoms with van der Waals surface area (Å²) in [6, 6.07) is 10.1. The number of hydrogen-bond acceptors (Lipinski definition) is 4. The minimum atomic E-state index is -0.0655. The molecule has 0 bridgehead atoms. The summed E-state index contributed by atoms with van der Waals surface area (Å²) in [6.07, 6.45) is 0. The Labute approximate surface area is 145 Å². The van der Waals surface area contributed by atoms with Crippen LogP contribution in [-0.2, 0) is 6.54 Å². The molecule has 7 nitrogen and oxygen atoms in total. The number of aryl methyl sites for hydroxylation is 2. The highest BCUT2D eigenvalue weighted by Crippen LogP contribution is 2.28. The third-order valence-electron chi connectivity index (χ3n) is 4.55. The number of fused-ring (bicyclic) bond motifs is 1. The van der Waals surface area contributed by atoms with Crippen LogP contribution >= 0.6 is 0 Å². The molecule has 1 aromatic carbocycles. The molecule has 1 N–H and O–H groups in total. The van der Waals surface area contributed by atoms with Crippen molar-refractivity contribution in [3.05, 3.63) is 53.4 Å². The smallest absolute Gasteiger partial charge is 0.274 e. The zero-order valence-electron chi connectivity index (χ0n) is 14.5. The van der Waals surface area contributed by atoms with E-state index >= 15 is 0 Å². The molecular weight excluding hydrogens is 316 g/mol. The van der Waals surface area contributed by atoms with Crippen LogP contribution in [0.1, 0.15) is 40.8 Å². The Hall–Kier alpha value is -2.96. The van der Waals surface area contributed by atoms with E-state index < -0.39 is 0 Å². The molecule has 3 heterocycles. The van der Waals surface area contributed by atoms with E-state index in [-0.39, 0.29) is 11.9 Å². The minimum Gasteiger partial charge on any atom is -0.346 e. The first-order chi connectivity index (χ1) is 12.0. The van der Waals surface area contributed by atoms with Gasteiger partial charge in [0.05, 0.1) is 12.6 Å². The second kappa shape index (κ2) is 5.84. The molecule has 7 heteroatoms. The number of carbonyl (C=O) groups excluding carboxylic acids is 1. The van der Waals surface area contributed by atoms with Gasteiger partial charge in [0.1, 0.15) is 11.5 Å². The van der Waals surface area contributed by atoms with Crippen molar-refractivity contribution in [2.24, 2.45) is 0 Å². The van der Waals surface area contributed by atoms with E-state index in [0.717, 1.165) is 28.7 Å². The number of H-pyrrole nitrogens is 1. The average molecular weight is 336 g/mol. The summed E-state index contributed by atoms with van der Waals surface area (Å²) in [6.45, 7) is 6.85. The van der Waals surface area contributed by atoms with Gasteiger partial charge in [-0.15, -0.1) is 10.2 Å². The second-order valence-electron chi connectivity index (χ2n) is 6.51. The fraction of sp³-hybridized carbons (Fsp3) is 0.333. The first kappa shape index (κ1) is 15.6. The van der Waals surface area contributed by atoms with Crippen molar-refractivity contribution in [2.75, 3.05) is 6.54 Å². The molecule has 4 rings (SSSR count). The summed E-state index contributed by atoms with van der Waals surface area (Å²) in [4.78, 5) is 22.1. The molecule has 0 fully saturated rings. The van der Waals surface area contributed by atoms with Crippen molar-refractivity contribution in [1.82, 2.24) is 29.6 Å². The Bertz CT molecular complexity index is 926. The van der Waals surface area contributed by atoms with Crippen LogP contribution in [-0.4, -0.2) is 42.1 Å². The number of aromatic amines is 1. The number of nitrogens with one attached hydrogen (secondary N) is 1. The van der Waals surface area contributed by atoms with Gasteiger partial charge in [-0.1, -0.05) is 30.3 Å². The van der Waals surface area contributed by atoms with Gasteiger partial charge in [-0.05, 0) is 20.8 Å². The number of carbonyl (C=O) groups is 1. The highest BCUT2D eigenvalue weighted by Gasteiger charge is 2.31. The summed E-state index contributed by atoms with van der Waals surface area (Å²) in [5.74, 6) is 2.34. The van der Waals surface area contributed by atoms with Crippen molar-refractivity contribution in [2.45, 2.75) is 33.4 Å². The van der Waals surface area contributed by atoms with Crippen LogP contribution < -0.4 is 0 Å². The van der Waals surface area contributed by atoms with Crippen LogP contribution in [0.5, 0.6) is 0 Å². The molecule has 1 amide bonds. The lowest BCUT2D eigenvalue weighted by Crippen LogP contribution is -2.41. The van der Waals surface area contributed by atoms with Gasteiger partial charge in [0.15, 0.2) is 11.6 Å². The van der Waals surface area contributed by atoms with Gasteiger partial charge in [-0.3, -0.25) is 4.79 Å². The normalized spacial score (nSPS) is 16.8. The van der Waals surface area contributed by atoms with Crippen LogP contribution in [0.15, 0.2) is 30.3 Å². The number of nitrogens with zero attached hydrogens (tertiary/aromatic N) is 5. The van der Waals surface area contributed by atoms with E-state index in [2.05, 4.69) is 31.7 Å². The number of amides is 1. The average Bonchev–Trinajstić information content (AvgIpc) is 3.18. The van der Waals surface area contributed by atoms with Crippen molar-refractivity contribution in [3.8, 4) is 11.4 Å². The zero-order valence-corrected chi connectivity index (χ0v) is 14.5. The molecule has 0 radical (unpaired) electrons. The Balaban J connectivity index is 1.66. The molecule has 25 heavy (non-hydrogen) atoms. The van der Waals surface area contributed by atoms with Gasteiger partial charge in [0, 0.05) is 17.8 Å². The molecule has 1 aliphatic heterocycles. The highest BCUT2D eigenvalue weighted by atomic mass is 16.2. The Morgan fingerprint density at radius 1 is 1.20 bits per heavy atom. The predicted molar refractivity (Wildman–Crippen MR) is 93.0 cm³/mol. The summed E-state index contributed by atoms with van der Waals surface area (Å²) in [7, 11) is 0. The molecular formula is C18H20N6O. The number of rotatable bonds is 2. The second-order valence-corrected chi connectivity index (χ2v) is 6.51. The van der Waals surface area contributed by atoms with E-state index in [1.165, 1.54) is 0 Å². The highest BCUT2D eigenvalue weighted by molar-refractivity contribution is 5.93. The maximum Gasteiger partial charge on any atom is 0.274 e. The number of aromatic nitrogens is 5. The van der Waals surface area contributed by atoms with Gasteiger partial charge < -0.3 is 14.5 Å². The van der Waals surface area contributed by atoms with Gasteiger partial charge in [-0.25, -0.2) is 4.98 Å². The molecule has 2 aromatic heterocycles. The molecule has 0 unspecified atom stereocenters. The molecule has 1 aliphatic rings. The van der Waals surface area contributed by atoms with Crippen LogP contribution in [0.25, 0.3) is 11.4 Å². The molecule has 0 aliphatic carbocycles. The maximum atomic E-state index is 12.9. The van der Waals surface area contributed by atoms with Gasteiger partial charge in [-0.2, -0.15) is 0 Å². The number of hydrogen-bond donors (Lipinski definition) is 1. The molecule has 0 spiro atoms. The van der Waals surface area contributed by atoms with Crippen LogP contribution in [0.2, 0.25) is 0 Å². The lowest BCUT2D eigenvalue weighted by molar-refractivity contribution is 0.0676. The third kappa shape index (κ3) is 2.61. The zero-order chi connectivity index (χ0) is 17.6. The third-order valence-corrected chi connectivity index (χ3v) is 4.55. The van der Waals surface area contributed by atoms with E-state index in [1.54, 1.807) is 4.90 Å². The maximum absolute atomic E-state index is 12.9. The quantitative estimate of drug-likeness (QED) is 0.780. The van der Waals surface area contributed by atoms with Gasteiger partial charge in [0.25, 0.3) is 5.91 Å². The topological polar surface area (TPSA) is 79.7 Å². The van der Waals surface area contributed by atoms with Crippen molar-refractivity contribution >= 4 is 5.91 Å². The van der Waals surface area contributed by atoms with Crippen molar-refractivity contribution in [1.29, 1.82) is 0 Å². The molecule has 0 saturated carbocycles. The van der Waals surface area contributed by atoms with E-state index in [1.807, 2.05) is 44.2 Å². The Morgan fingerprint density at radius 3 is 2.64 bits per heavy atom. The van der Waals surface area contributed by atoms with E-state index in [9.17, 15) is 4.79 Å². The monoisotopic (exact) mass is 336 g/mol. The van der Waals surface area contributed by atoms with Crippen LogP contribution in [0.4, 0.5) is 0 Å². The van der Waals surface area contributed by atoms with E-state index in [0.29, 0.717) is 18.8 Å². The predicted octanol–water partition coefficient (Wildman–Crippen LogP) is 2.50. The number of benzene rings is 1. The Morgan fingerprint density at radius 2 is 1.96 bits per heavy atom.